The number of carbonyl (C=O) groups excluding carboxylic acids is 1. The van der Waals surface area contributed by atoms with Gasteiger partial charge in [0.25, 0.3) is 0 Å². The molecule has 2 atom stereocenters. The van der Waals surface area contributed by atoms with Crippen molar-refractivity contribution in [1.29, 1.82) is 0 Å². The summed E-state index contributed by atoms with van der Waals surface area (Å²) < 4.78 is 0. The zero-order chi connectivity index (χ0) is 15.2. The maximum Gasteiger partial charge on any atom is 0.233 e. The number of hydrogen-bond acceptors (Lipinski definition) is 2. The van der Waals surface area contributed by atoms with Crippen LogP contribution in [0.25, 0.3) is 0 Å². The zero-order valence-electron chi connectivity index (χ0n) is 13.4. The lowest BCUT2D eigenvalue weighted by Crippen LogP contribution is -2.41. The Morgan fingerprint density at radius 3 is 2.38 bits per heavy atom. The van der Waals surface area contributed by atoms with Crippen molar-refractivity contribution in [2.75, 3.05) is 13.1 Å². The van der Waals surface area contributed by atoms with Crippen molar-refractivity contribution < 1.29 is 4.79 Å². The van der Waals surface area contributed by atoms with Crippen LogP contribution in [-0.2, 0) is 10.2 Å². The summed E-state index contributed by atoms with van der Waals surface area (Å²) in [5, 5.41) is 0. The Morgan fingerprint density at radius 1 is 1.29 bits per heavy atom. The third kappa shape index (κ3) is 2.48. The summed E-state index contributed by atoms with van der Waals surface area (Å²) in [5.74, 6) is 0.801. The predicted molar refractivity (Wildman–Crippen MR) is 85.2 cm³/mol. The van der Waals surface area contributed by atoms with E-state index in [1.807, 2.05) is 0 Å². The maximum absolute atomic E-state index is 13.1. The van der Waals surface area contributed by atoms with Crippen LogP contribution in [0.5, 0.6) is 0 Å². The minimum absolute atomic E-state index is 0.242. The average Bonchev–Trinajstić information content (AvgIpc) is 3.15. The molecule has 2 N–H and O–H groups in total. The van der Waals surface area contributed by atoms with Gasteiger partial charge in [-0.05, 0) is 58.1 Å². The first-order valence-electron chi connectivity index (χ1n) is 8.06. The second kappa shape index (κ2) is 5.13. The van der Waals surface area contributed by atoms with Crippen LogP contribution in [0, 0.1) is 19.8 Å². The normalized spacial score (nSPS) is 27.0. The Kier molecular flexibility index (Phi) is 3.56. The highest BCUT2D eigenvalue weighted by atomic mass is 16.2. The van der Waals surface area contributed by atoms with Crippen LogP contribution in [-0.4, -0.2) is 29.9 Å². The fourth-order valence-electron chi connectivity index (χ4n) is 3.87. The molecule has 1 aliphatic carbocycles. The number of carbonyl (C=O) groups is 1. The van der Waals surface area contributed by atoms with Crippen LogP contribution < -0.4 is 5.73 Å². The molecule has 2 unspecified atom stereocenters. The molecule has 1 saturated heterocycles. The van der Waals surface area contributed by atoms with Gasteiger partial charge in [-0.2, -0.15) is 0 Å². The van der Waals surface area contributed by atoms with Gasteiger partial charge in [0.1, 0.15) is 0 Å². The number of nitrogens with two attached hydrogens (primary N) is 1. The van der Waals surface area contributed by atoms with Crippen LogP contribution in [0.15, 0.2) is 18.2 Å². The molecule has 1 aromatic carbocycles. The first-order chi connectivity index (χ1) is 9.96. The topological polar surface area (TPSA) is 46.3 Å². The molecular weight excluding hydrogens is 260 g/mol. The number of nitrogens with zero attached hydrogens (tertiary/aromatic N) is 1. The lowest BCUT2D eigenvalue weighted by atomic mass is 9.91. The van der Waals surface area contributed by atoms with Crippen LogP contribution in [0.2, 0.25) is 0 Å². The van der Waals surface area contributed by atoms with E-state index < -0.39 is 0 Å². The minimum atomic E-state index is -0.242. The second-order valence-electron chi connectivity index (χ2n) is 7.10. The summed E-state index contributed by atoms with van der Waals surface area (Å²) >= 11 is 0. The molecule has 1 heterocycles. The lowest BCUT2D eigenvalue weighted by Gasteiger charge is -2.27. The Labute approximate surface area is 127 Å². The number of amides is 1. The van der Waals surface area contributed by atoms with Gasteiger partial charge in [0.2, 0.25) is 5.91 Å². The fourth-order valence-corrected chi connectivity index (χ4v) is 3.87. The van der Waals surface area contributed by atoms with Crippen molar-refractivity contribution in [3.63, 3.8) is 0 Å². The molecule has 0 aromatic heterocycles. The number of likely N-dealkylation sites (tertiary alicyclic amines) is 1. The van der Waals surface area contributed by atoms with Crippen molar-refractivity contribution in [1.82, 2.24) is 4.90 Å². The Hall–Kier alpha value is -1.35. The highest BCUT2D eigenvalue weighted by Gasteiger charge is 2.54. The Bertz CT molecular complexity index is 542. The summed E-state index contributed by atoms with van der Waals surface area (Å²) in [6, 6.07) is 6.89. The summed E-state index contributed by atoms with van der Waals surface area (Å²) in [6.07, 6.45) is 3.03. The first kappa shape index (κ1) is 14.6. The van der Waals surface area contributed by atoms with Crippen molar-refractivity contribution in [2.24, 2.45) is 11.7 Å². The molecule has 114 valence electrons. The number of hydrogen-bond donors (Lipinski definition) is 1. The number of benzene rings is 1. The molecule has 1 aliphatic heterocycles. The predicted octanol–water partition coefficient (Wildman–Crippen LogP) is 2.53. The SMILES string of the molecule is Cc1cc(C)cc(C2(C(=O)N3CC(CN)CC3C)CC2)c1. The standard InChI is InChI=1S/C18H26N2O/c1-12-6-13(2)8-16(7-12)18(4-5-18)17(21)20-11-15(10-19)9-14(20)3/h6-8,14-15H,4-5,9-11,19H2,1-3H3. The van der Waals surface area contributed by atoms with Gasteiger partial charge in [-0.1, -0.05) is 29.3 Å². The highest BCUT2D eigenvalue weighted by Crippen LogP contribution is 2.51. The van der Waals surface area contributed by atoms with E-state index in [-0.39, 0.29) is 5.41 Å². The van der Waals surface area contributed by atoms with Gasteiger partial charge in [-0.15, -0.1) is 0 Å². The second-order valence-corrected chi connectivity index (χ2v) is 7.10. The van der Waals surface area contributed by atoms with E-state index in [2.05, 4.69) is 43.9 Å². The summed E-state index contributed by atoms with van der Waals surface area (Å²) in [7, 11) is 0. The van der Waals surface area contributed by atoms with Gasteiger partial charge in [0.05, 0.1) is 5.41 Å². The molecule has 2 aliphatic rings. The van der Waals surface area contributed by atoms with Gasteiger partial charge >= 0.3 is 0 Å². The average molecular weight is 286 g/mol. The molecule has 0 radical (unpaired) electrons. The molecule has 2 fully saturated rings. The monoisotopic (exact) mass is 286 g/mol. The molecule has 21 heavy (non-hydrogen) atoms. The molecule has 1 saturated carbocycles. The van der Waals surface area contributed by atoms with Gasteiger partial charge in [0.15, 0.2) is 0 Å². The largest absolute Gasteiger partial charge is 0.339 e. The van der Waals surface area contributed by atoms with Crippen molar-refractivity contribution in [3.8, 4) is 0 Å². The third-order valence-electron chi connectivity index (χ3n) is 5.19. The summed E-state index contributed by atoms with van der Waals surface area (Å²) in [5.41, 5.74) is 9.27. The van der Waals surface area contributed by atoms with Crippen LogP contribution in [0.1, 0.15) is 42.9 Å². The van der Waals surface area contributed by atoms with E-state index >= 15 is 0 Å². The lowest BCUT2D eigenvalue weighted by molar-refractivity contribution is -0.134. The summed E-state index contributed by atoms with van der Waals surface area (Å²) in [4.78, 5) is 15.2. The molecule has 0 bridgehead atoms. The number of rotatable bonds is 3. The molecule has 1 amide bonds. The van der Waals surface area contributed by atoms with Crippen LogP contribution in [0.3, 0.4) is 0 Å². The molecule has 1 aromatic rings. The van der Waals surface area contributed by atoms with E-state index in [4.69, 9.17) is 5.73 Å². The van der Waals surface area contributed by atoms with E-state index in [0.29, 0.717) is 24.4 Å². The molecular formula is C18H26N2O. The van der Waals surface area contributed by atoms with Gasteiger partial charge in [-0.3, -0.25) is 4.79 Å². The van der Waals surface area contributed by atoms with Crippen molar-refractivity contribution in [3.05, 3.63) is 34.9 Å². The van der Waals surface area contributed by atoms with Crippen LogP contribution in [0.4, 0.5) is 0 Å². The van der Waals surface area contributed by atoms with Gasteiger partial charge in [0, 0.05) is 12.6 Å². The fraction of sp³-hybridized carbons (Fsp3) is 0.611. The van der Waals surface area contributed by atoms with Gasteiger partial charge < -0.3 is 10.6 Å². The first-order valence-corrected chi connectivity index (χ1v) is 8.06. The smallest absolute Gasteiger partial charge is 0.233 e. The molecule has 3 nitrogen and oxygen atoms in total. The molecule has 0 spiro atoms. The van der Waals surface area contributed by atoms with Crippen molar-refractivity contribution >= 4 is 5.91 Å². The maximum atomic E-state index is 13.1. The third-order valence-corrected chi connectivity index (χ3v) is 5.19. The van der Waals surface area contributed by atoms with E-state index in [1.54, 1.807) is 0 Å². The quantitative estimate of drug-likeness (QED) is 0.928. The highest BCUT2D eigenvalue weighted by molar-refractivity contribution is 5.91. The minimum Gasteiger partial charge on any atom is -0.339 e. The Balaban J connectivity index is 1.87. The van der Waals surface area contributed by atoms with E-state index in [9.17, 15) is 4.79 Å². The zero-order valence-corrected chi connectivity index (χ0v) is 13.4. The molecule has 3 rings (SSSR count). The Morgan fingerprint density at radius 2 is 1.90 bits per heavy atom. The van der Waals surface area contributed by atoms with Crippen LogP contribution >= 0.6 is 0 Å². The van der Waals surface area contributed by atoms with Gasteiger partial charge in [-0.25, -0.2) is 0 Å². The molecule has 3 heteroatoms. The van der Waals surface area contributed by atoms with E-state index in [1.165, 1.54) is 16.7 Å². The summed E-state index contributed by atoms with van der Waals surface area (Å²) in [6.45, 7) is 7.90. The number of aryl methyl sites for hydroxylation is 2. The van der Waals surface area contributed by atoms with E-state index in [0.717, 1.165) is 25.8 Å². The van der Waals surface area contributed by atoms with Crippen molar-refractivity contribution in [2.45, 2.75) is 51.5 Å².